The Labute approximate surface area is 174 Å². The van der Waals surface area contributed by atoms with Crippen LogP contribution in [0.5, 0.6) is 5.75 Å². The van der Waals surface area contributed by atoms with Gasteiger partial charge in [0.2, 0.25) is 0 Å². The molecular weight excluding hydrogens is 384 g/mol. The standard InChI is InChI=1S/C21H24N6O3/c1-30-16-4-2-15(3-5-16)6-7-23-21-17-12-20(27(28)29)19(13-18(17)24-14-25-21)26-10-8-22-9-11-26/h2-5,12-14,22H,6-11H2,1H3,(H,23,24,25). The Morgan fingerprint density at radius 1 is 1.20 bits per heavy atom. The molecule has 1 aliphatic heterocycles. The van der Waals surface area contributed by atoms with E-state index < -0.39 is 0 Å². The van der Waals surface area contributed by atoms with Crippen molar-refractivity contribution in [1.29, 1.82) is 0 Å². The first-order chi connectivity index (χ1) is 14.7. The number of hydrogen-bond donors (Lipinski definition) is 2. The highest BCUT2D eigenvalue weighted by molar-refractivity contribution is 5.94. The van der Waals surface area contributed by atoms with E-state index in [2.05, 4.69) is 20.6 Å². The number of nitrogens with zero attached hydrogens (tertiary/aromatic N) is 4. The van der Waals surface area contributed by atoms with Gasteiger partial charge in [0.25, 0.3) is 5.69 Å². The molecule has 0 atom stereocenters. The second-order valence-electron chi connectivity index (χ2n) is 7.10. The third-order valence-corrected chi connectivity index (χ3v) is 5.25. The van der Waals surface area contributed by atoms with Gasteiger partial charge in [-0.25, -0.2) is 9.97 Å². The van der Waals surface area contributed by atoms with E-state index in [9.17, 15) is 10.1 Å². The van der Waals surface area contributed by atoms with Gasteiger partial charge in [0.15, 0.2) is 0 Å². The van der Waals surface area contributed by atoms with Crippen LogP contribution in [0.1, 0.15) is 5.56 Å². The highest BCUT2D eigenvalue weighted by atomic mass is 16.6. The van der Waals surface area contributed by atoms with Crippen molar-refractivity contribution in [1.82, 2.24) is 15.3 Å². The van der Waals surface area contributed by atoms with Gasteiger partial charge in [-0.15, -0.1) is 0 Å². The maximum absolute atomic E-state index is 11.8. The molecule has 0 spiro atoms. The number of anilines is 2. The number of methoxy groups -OCH3 is 1. The summed E-state index contributed by atoms with van der Waals surface area (Å²) in [6, 6.07) is 11.3. The molecule has 0 unspecified atom stereocenters. The van der Waals surface area contributed by atoms with E-state index in [1.54, 1.807) is 19.2 Å². The average Bonchev–Trinajstić information content (AvgIpc) is 2.79. The quantitative estimate of drug-likeness (QED) is 0.454. The Bertz CT molecular complexity index is 1030. The maximum Gasteiger partial charge on any atom is 0.293 e. The molecule has 2 N–H and O–H groups in total. The maximum atomic E-state index is 11.8. The lowest BCUT2D eigenvalue weighted by Gasteiger charge is -2.29. The predicted octanol–water partition coefficient (Wildman–Crippen LogP) is 2.61. The van der Waals surface area contributed by atoms with Crippen LogP contribution >= 0.6 is 0 Å². The fraction of sp³-hybridized carbons (Fsp3) is 0.333. The summed E-state index contributed by atoms with van der Waals surface area (Å²) in [6.07, 6.45) is 2.28. The first-order valence-corrected chi connectivity index (χ1v) is 9.91. The number of piperazine rings is 1. The zero-order chi connectivity index (χ0) is 20.9. The van der Waals surface area contributed by atoms with E-state index in [-0.39, 0.29) is 10.6 Å². The van der Waals surface area contributed by atoms with Gasteiger partial charge < -0.3 is 20.3 Å². The summed E-state index contributed by atoms with van der Waals surface area (Å²) in [7, 11) is 1.64. The van der Waals surface area contributed by atoms with Crippen LogP contribution in [0.4, 0.5) is 17.2 Å². The predicted molar refractivity (Wildman–Crippen MR) is 116 cm³/mol. The number of rotatable bonds is 7. The molecule has 0 radical (unpaired) electrons. The summed E-state index contributed by atoms with van der Waals surface area (Å²) in [5.41, 5.74) is 2.54. The van der Waals surface area contributed by atoms with Crippen molar-refractivity contribution >= 4 is 28.1 Å². The van der Waals surface area contributed by atoms with Crippen molar-refractivity contribution in [2.75, 3.05) is 50.1 Å². The SMILES string of the molecule is COc1ccc(CCNc2ncnc3cc(N4CCNCC4)c([N+](=O)[O-])cc23)cc1. The molecule has 9 heteroatoms. The molecule has 3 aromatic rings. The fourth-order valence-electron chi connectivity index (χ4n) is 3.64. The number of ether oxygens (including phenoxy) is 1. The number of aromatic nitrogens is 2. The molecular formula is C21H24N6O3. The van der Waals surface area contributed by atoms with Crippen LogP contribution in [-0.4, -0.2) is 54.7 Å². The van der Waals surface area contributed by atoms with Gasteiger partial charge in [0.05, 0.1) is 17.5 Å². The summed E-state index contributed by atoms with van der Waals surface area (Å²) in [4.78, 5) is 22.1. The summed E-state index contributed by atoms with van der Waals surface area (Å²) in [5, 5.41) is 19.0. The van der Waals surface area contributed by atoms with Gasteiger partial charge >= 0.3 is 0 Å². The largest absolute Gasteiger partial charge is 0.497 e. The van der Waals surface area contributed by atoms with Crippen LogP contribution in [0.3, 0.4) is 0 Å². The van der Waals surface area contributed by atoms with Gasteiger partial charge in [-0.05, 0) is 30.2 Å². The van der Waals surface area contributed by atoms with Crippen LogP contribution in [0.15, 0.2) is 42.7 Å². The fourth-order valence-corrected chi connectivity index (χ4v) is 3.64. The van der Waals surface area contributed by atoms with Crippen LogP contribution in [-0.2, 0) is 6.42 Å². The average molecular weight is 408 g/mol. The Morgan fingerprint density at radius 3 is 2.67 bits per heavy atom. The minimum absolute atomic E-state index is 0.0809. The molecule has 30 heavy (non-hydrogen) atoms. The molecule has 0 saturated carbocycles. The van der Waals surface area contributed by atoms with Gasteiger partial charge in [-0.1, -0.05) is 12.1 Å². The molecule has 1 fully saturated rings. The second kappa shape index (κ2) is 8.91. The smallest absolute Gasteiger partial charge is 0.293 e. The molecule has 2 aromatic carbocycles. The van der Waals surface area contributed by atoms with Crippen LogP contribution in [0.2, 0.25) is 0 Å². The first-order valence-electron chi connectivity index (χ1n) is 9.91. The highest BCUT2D eigenvalue weighted by Crippen LogP contribution is 2.34. The number of nitro benzene ring substituents is 1. The lowest BCUT2D eigenvalue weighted by Crippen LogP contribution is -2.43. The molecule has 2 heterocycles. The van der Waals surface area contributed by atoms with Gasteiger partial charge in [-0.3, -0.25) is 10.1 Å². The van der Waals surface area contributed by atoms with Crippen molar-refractivity contribution in [2.45, 2.75) is 6.42 Å². The summed E-state index contributed by atoms with van der Waals surface area (Å²) in [6.45, 7) is 3.70. The number of fused-ring (bicyclic) bond motifs is 1. The third kappa shape index (κ3) is 4.25. The van der Waals surface area contributed by atoms with Crippen LogP contribution < -0.4 is 20.3 Å². The highest BCUT2D eigenvalue weighted by Gasteiger charge is 2.23. The van der Waals surface area contributed by atoms with E-state index in [4.69, 9.17) is 4.74 Å². The molecule has 0 aliphatic carbocycles. The molecule has 1 aromatic heterocycles. The summed E-state index contributed by atoms with van der Waals surface area (Å²) < 4.78 is 5.18. The molecule has 1 aliphatic rings. The lowest BCUT2D eigenvalue weighted by molar-refractivity contribution is -0.384. The lowest BCUT2D eigenvalue weighted by atomic mass is 10.1. The Balaban J connectivity index is 1.57. The first kappa shape index (κ1) is 19.8. The van der Waals surface area contributed by atoms with Gasteiger partial charge in [0.1, 0.15) is 23.6 Å². The minimum atomic E-state index is -0.328. The van der Waals surface area contributed by atoms with Crippen molar-refractivity contribution in [3.8, 4) is 5.75 Å². The number of hydrogen-bond acceptors (Lipinski definition) is 8. The number of benzene rings is 2. The number of nitrogens with one attached hydrogen (secondary N) is 2. The van der Waals surface area contributed by atoms with E-state index in [1.165, 1.54) is 6.33 Å². The molecule has 9 nitrogen and oxygen atoms in total. The Hall–Kier alpha value is -3.46. The van der Waals surface area contributed by atoms with Crippen molar-refractivity contribution in [3.63, 3.8) is 0 Å². The Morgan fingerprint density at radius 2 is 1.97 bits per heavy atom. The molecule has 4 rings (SSSR count). The monoisotopic (exact) mass is 408 g/mol. The van der Waals surface area contributed by atoms with Crippen molar-refractivity contribution in [2.24, 2.45) is 0 Å². The molecule has 156 valence electrons. The third-order valence-electron chi connectivity index (χ3n) is 5.25. The minimum Gasteiger partial charge on any atom is -0.497 e. The summed E-state index contributed by atoms with van der Waals surface area (Å²) >= 11 is 0. The van der Waals surface area contributed by atoms with Crippen molar-refractivity contribution < 1.29 is 9.66 Å². The van der Waals surface area contributed by atoms with Crippen LogP contribution in [0.25, 0.3) is 10.9 Å². The molecule has 0 bridgehead atoms. The van der Waals surface area contributed by atoms with Crippen LogP contribution in [0, 0.1) is 10.1 Å². The molecule has 1 saturated heterocycles. The normalized spacial score (nSPS) is 14.0. The van der Waals surface area contributed by atoms with Gasteiger partial charge in [0, 0.05) is 44.2 Å². The van der Waals surface area contributed by atoms with E-state index in [1.807, 2.05) is 29.2 Å². The summed E-state index contributed by atoms with van der Waals surface area (Å²) in [5.74, 6) is 1.42. The van der Waals surface area contributed by atoms with E-state index in [0.717, 1.165) is 43.9 Å². The zero-order valence-corrected chi connectivity index (χ0v) is 16.8. The van der Waals surface area contributed by atoms with E-state index in [0.29, 0.717) is 29.0 Å². The molecule has 0 amide bonds. The van der Waals surface area contributed by atoms with Gasteiger partial charge in [-0.2, -0.15) is 0 Å². The van der Waals surface area contributed by atoms with E-state index >= 15 is 0 Å². The zero-order valence-electron chi connectivity index (χ0n) is 16.8. The Kier molecular flexibility index (Phi) is 5.89. The van der Waals surface area contributed by atoms with Crippen molar-refractivity contribution in [3.05, 3.63) is 58.4 Å². The second-order valence-corrected chi connectivity index (χ2v) is 7.10. The topological polar surface area (TPSA) is 105 Å². The number of nitro groups is 1.